The fourth-order valence-electron chi connectivity index (χ4n) is 5.66. The van der Waals surface area contributed by atoms with Crippen LogP contribution in [-0.4, -0.2) is 34.2 Å². The normalized spacial score (nSPS) is 30.3. The second-order valence-electron chi connectivity index (χ2n) is 8.15. The molecule has 4 heteroatoms. The van der Waals surface area contributed by atoms with Crippen LogP contribution in [0.15, 0.2) is 70.9 Å². The van der Waals surface area contributed by atoms with E-state index in [-0.39, 0.29) is 29.0 Å². The van der Waals surface area contributed by atoms with Gasteiger partial charge in [-0.05, 0) is 43.9 Å². The lowest BCUT2D eigenvalue weighted by molar-refractivity contribution is -0.130. The van der Waals surface area contributed by atoms with Gasteiger partial charge >= 0.3 is 0 Å². The highest BCUT2D eigenvalue weighted by Crippen LogP contribution is 2.54. The van der Waals surface area contributed by atoms with Gasteiger partial charge in [-0.25, -0.2) is 0 Å². The van der Waals surface area contributed by atoms with Gasteiger partial charge in [0.1, 0.15) is 0 Å². The summed E-state index contributed by atoms with van der Waals surface area (Å²) in [5.74, 6) is 0.00473. The van der Waals surface area contributed by atoms with Crippen LogP contribution in [0.3, 0.4) is 0 Å². The number of aliphatic hydroxyl groups is 1. The van der Waals surface area contributed by atoms with Gasteiger partial charge in [0.15, 0.2) is 0 Å². The molecule has 0 bridgehead atoms. The smallest absolute Gasteiger partial charge is 0.254 e. The van der Waals surface area contributed by atoms with E-state index in [1.807, 2.05) is 29.2 Å². The minimum Gasteiger partial charge on any atom is -0.512 e. The van der Waals surface area contributed by atoms with Crippen molar-refractivity contribution in [2.75, 3.05) is 6.54 Å². The highest BCUT2D eigenvalue weighted by Gasteiger charge is 2.58. The quantitative estimate of drug-likeness (QED) is 0.585. The lowest BCUT2D eigenvalue weighted by Gasteiger charge is -2.43. The molecule has 5 rings (SSSR count). The van der Waals surface area contributed by atoms with Crippen molar-refractivity contribution in [2.45, 2.75) is 44.1 Å². The average molecular weight is 372 g/mol. The Labute approximate surface area is 165 Å². The van der Waals surface area contributed by atoms with Gasteiger partial charge in [-0.15, -0.1) is 0 Å². The number of amides is 1. The molecule has 0 aliphatic carbocycles. The van der Waals surface area contributed by atoms with Gasteiger partial charge < -0.3 is 10.0 Å². The predicted octanol–water partition coefficient (Wildman–Crippen LogP) is 4.65. The van der Waals surface area contributed by atoms with Crippen molar-refractivity contribution in [1.82, 2.24) is 4.90 Å². The molecule has 0 saturated carbocycles. The molecule has 3 aliphatic heterocycles. The number of carbonyl (C=O) groups is 1. The van der Waals surface area contributed by atoms with Crippen LogP contribution < -0.4 is 0 Å². The minimum atomic E-state index is -0.214. The first-order valence-electron chi connectivity index (χ1n) is 9.95. The molecule has 2 aromatic rings. The number of aliphatic hydroxyl groups excluding tert-OH is 1. The maximum atomic E-state index is 13.5. The minimum absolute atomic E-state index is 0.0286. The van der Waals surface area contributed by atoms with Crippen LogP contribution in [0.5, 0.6) is 0 Å². The zero-order valence-corrected chi connectivity index (χ0v) is 16.2. The summed E-state index contributed by atoms with van der Waals surface area (Å²) in [7, 11) is 0. The Balaban J connectivity index is 1.65. The van der Waals surface area contributed by atoms with Gasteiger partial charge in [0, 0.05) is 24.2 Å². The Hall–Kier alpha value is -2.88. The number of para-hydroxylation sites is 1. The van der Waals surface area contributed by atoms with Crippen LogP contribution in [-0.2, 0) is 10.2 Å². The van der Waals surface area contributed by atoms with Crippen molar-refractivity contribution in [2.24, 2.45) is 4.99 Å². The van der Waals surface area contributed by atoms with Crippen LogP contribution in [0.25, 0.3) is 0 Å². The third-order valence-corrected chi connectivity index (χ3v) is 6.90. The third kappa shape index (κ3) is 2.17. The number of hydrogen-bond acceptors (Lipinski definition) is 3. The first-order valence-corrected chi connectivity index (χ1v) is 9.95. The topological polar surface area (TPSA) is 52.9 Å². The maximum absolute atomic E-state index is 13.5. The van der Waals surface area contributed by atoms with Crippen molar-refractivity contribution in [3.8, 4) is 0 Å². The standard InChI is InChI=1S/C24H24N2O2/c1-15(27)22-18(17-8-4-3-5-9-17)14-21-24(12-13-26(21)23(22)28)16(2)25-20-11-7-6-10-19(20)24/h3-11,18,21,27H,12-14H2,1-2H3/b22-15-/t18-,21-,24+/m0/s1. The van der Waals surface area contributed by atoms with Crippen molar-refractivity contribution >= 4 is 17.3 Å². The molecule has 0 aromatic heterocycles. The van der Waals surface area contributed by atoms with Gasteiger partial charge in [-0.2, -0.15) is 0 Å². The summed E-state index contributed by atoms with van der Waals surface area (Å²) < 4.78 is 0. The predicted molar refractivity (Wildman–Crippen MR) is 110 cm³/mol. The fraction of sp³-hybridized carbons (Fsp3) is 0.333. The molecule has 0 radical (unpaired) electrons. The summed E-state index contributed by atoms with van der Waals surface area (Å²) in [5, 5.41) is 10.4. The highest BCUT2D eigenvalue weighted by atomic mass is 16.3. The average Bonchev–Trinajstić information content (AvgIpc) is 3.22. The van der Waals surface area contributed by atoms with E-state index in [1.54, 1.807) is 6.92 Å². The van der Waals surface area contributed by atoms with Gasteiger partial charge in [0.2, 0.25) is 0 Å². The van der Waals surface area contributed by atoms with Gasteiger partial charge in [0.25, 0.3) is 5.91 Å². The van der Waals surface area contributed by atoms with Gasteiger partial charge in [0.05, 0.1) is 22.4 Å². The zero-order chi connectivity index (χ0) is 19.5. The van der Waals surface area contributed by atoms with Crippen molar-refractivity contribution in [3.05, 3.63) is 77.1 Å². The summed E-state index contributed by atoms with van der Waals surface area (Å²) in [6, 6.07) is 18.5. The lowest BCUT2D eigenvalue weighted by Crippen LogP contribution is -2.52. The van der Waals surface area contributed by atoms with E-state index in [4.69, 9.17) is 4.99 Å². The van der Waals surface area contributed by atoms with Crippen molar-refractivity contribution in [3.63, 3.8) is 0 Å². The first kappa shape index (κ1) is 17.2. The summed E-state index contributed by atoms with van der Waals surface area (Å²) >= 11 is 0. The number of benzene rings is 2. The Morgan fingerprint density at radius 2 is 1.86 bits per heavy atom. The van der Waals surface area contributed by atoms with Gasteiger partial charge in [-0.1, -0.05) is 48.5 Å². The SMILES string of the molecule is CC1=Nc2ccccc2[C@@]12CCN1C(=O)/C(=C(/C)O)[C@H](c3ccccc3)C[C@H]12. The van der Waals surface area contributed by atoms with Crippen molar-refractivity contribution in [1.29, 1.82) is 0 Å². The Morgan fingerprint density at radius 3 is 2.61 bits per heavy atom. The Morgan fingerprint density at radius 1 is 1.14 bits per heavy atom. The third-order valence-electron chi connectivity index (χ3n) is 6.90. The Kier molecular flexibility index (Phi) is 3.73. The van der Waals surface area contributed by atoms with E-state index in [2.05, 4.69) is 37.3 Å². The first-order chi connectivity index (χ1) is 13.5. The van der Waals surface area contributed by atoms with Crippen LogP contribution in [0.2, 0.25) is 0 Å². The van der Waals surface area contributed by atoms with E-state index >= 15 is 0 Å². The molecule has 2 fully saturated rings. The second-order valence-corrected chi connectivity index (χ2v) is 8.15. The molecule has 2 saturated heterocycles. The second kappa shape index (κ2) is 6.06. The number of carbonyl (C=O) groups excluding carboxylic acids is 1. The number of hydrogen-bond donors (Lipinski definition) is 1. The summed E-state index contributed by atoms with van der Waals surface area (Å²) in [5.41, 5.74) is 4.79. The summed E-state index contributed by atoms with van der Waals surface area (Å²) in [6.07, 6.45) is 1.68. The number of fused-ring (bicyclic) bond motifs is 4. The molecular weight excluding hydrogens is 348 g/mol. The molecule has 1 spiro atoms. The lowest BCUT2D eigenvalue weighted by atomic mass is 9.67. The zero-order valence-electron chi connectivity index (χ0n) is 16.2. The molecule has 28 heavy (non-hydrogen) atoms. The van der Waals surface area contributed by atoms with E-state index < -0.39 is 0 Å². The maximum Gasteiger partial charge on any atom is 0.254 e. The van der Waals surface area contributed by atoms with E-state index in [0.717, 1.165) is 29.8 Å². The number of allylic oxidation sites excluding steroid dienone is 1. The van der Waals surface area contributed by atoms with E-state index in [0.29, 0.717) is 12.1 Å². The molecular formula is C24H24N2O2. The van der Waals surface area contributed by atoms with Crippen molar-refractivity contribution < 1.29 is 9.90 Å². The van der Waals surface area contributed by atoms with Crippen LogP contribution in [0, 0.1) is 0 Å². The molecule has 3 aliphatic rings. The summed E-state index contributed by atoms with van der Waals surface area (Å²) in [4.78, 5) is 20.3. The molecule has 4 nitrogen and oxygen atoms in total. The molecule has 3 heterocycles. The number of rotatable bonds is 1. The Bertz CT molecular complexity index is 1020. The van der Waals surface area contributed by atoms with E-state index in [9.17, 15) is 9.90 Å². The van der Waals surface area contributed by atoms with Gasteiger partial charge in [-0.3, -0.25) is 9.79 Å². The van der Waals surface area contributed by atoms with Crippen LogP contribution in [0.1, 0.15) is 43.7 Å². The highest BCUT2D eigenvalue weighted by molar-refractivity contribution is 6.04. The molecule has 2 aromatic carbocycles. The van der Waals surface area contributed by atoms with E-state index in [1.165, 1.54) is 5.56 Å². The summed E-state index contributed by atoms with van der Waals surface area (Å²) in [6.45, 7) is 4.43. The number of nitrogens with zero attached hydrogens (tertiary/aromatic N) is 2. The van der Waals surface area contributed by atoms with Crippen LogP contribution >= 0.6 is 0 Å². The fourth-order valence-corrected chi connectivity index (χ4v) is 5.66. The molecule has 142 valence electrons. The number of piperidine rings is 1. The molecule has 3 atom stereocenters. The molecule has 0 unspecified atom stereocenters. The largest absolute Gasteiger partial charge is 0.512 e. The molecule has 1 N–H and O–H groups in total. The molecule has 1 amide bonds. The number of aliphatic imine (C=N–C) groups is 1. The van der Waals surface area contributed by atoms with Crippen LogP contribution in [0.4, 0.5) is 5.69 Å². The monoisotopic (exact) mass is 372 g/mol.